The summed E-state index contributed by atoms with van der Waals surface area (Å²) in [5.74, 6) is -2.97. The van der Waals surface area contributed by atoms with Crippen LogP contribution in [0.3, 0.4) is 0 Å². The SMILES string of the molecule is C[C@@H](OC(=O)[C@@H](N)CCCNC(=N)N)[C@H](N)C(=O)O.N[C@@H](Cc1ccc(O)cc1)C(=O)O. The normalized spacial score (nSPS) is 14.0. The minimum atomic E-state index is -1.28. The number of aromatic hydroxyl groups is 1. The number of phenols is 1. The van der Waals surface area contributed by atoms with E-state index in [1.165, 1.54) is 19.1 Å². The highest BCUT2D eigenvalue weighted by molar-refractivity contribution is 5.78. The van der Waals surface area contributed by atoms with Crippen LogP contribution in [-0.4, -0.2) is 70.0 Å². The van der Waals surface area contributed by atoms with Crippen molar-refractivity contribution in [2.75, 3.05) is 6.54 Å². The van der Waals surface area contributed by atoms with E-state index in [9.17, 15) is 14.4 Å². The first kappa shape index (κ1) is 28.6. The summed E-state index contributed by atoms with van der Waals surface area (Å²) >= 11 is 0. The Hall–Kier alpha value is -3.42. The van der Waals surface area contributed by atoms with Gasteiger partial charge in [0.15, 0.2) is 5.96 Å². The van der Waals surface area contributed by atoms with Crippen LogP contribution >= 0.6 is 0 Å². The molecule has 0 bridgehead atoms. The average Bonchev–Trinajstić information content (AvgIpc) is 2.72. The number of phenolic OH excluding ortho intramolecular Hbond substituents is 1. The third-order valence-corrected chi connectivity index (χ3v) is 4.11. The van der Waals surface area contributed by atoms with Crippen molar-refractivity contribution in [2.24, 2.45) is 22.9 Å². The number of ether oxygens (including phenoxy) is 1. The molecule has 32 heavy (non-hydrogen) atoms. The van der Waals surface area contributed by atoms with Crippen LogP contribution < -0.4 is 28.3 Å². The monoisotopic (exact) mass is 456 g/mol. The van der Waals surface area contributed by atoms with Gasteiger partial charge in [-0.05, 0) is 43.9 Å². The second kappa shape index (κ2) is 14.6. The Kier molecular flexibility index (Phi) is 13.0. The van der Waals surface area contributed by atoms with Crippen LogP contribution in [0.5, 0.6) is 5.75 Å². The Morgan fingerprint density at radius 2 is 1.62 bits per heavy atom. The summed E-state index contributed by atoms with van der Waals surface area (Å²) in [5.41, 5.74) is 22.1. The van der Waals surface area contributed by atoms with E-state index in [2.05, 4.69) is 5.32 Å². The van der Waals surface area contributed by atoms with Crippen molar-refractivity contribution >= 4 is 23.9 Å². The topological polar surface area (TPSA) is 261 Å². The van der Waals surface area contributed by atoms with Gasteiger partial charge in [-0.25, -0.2) is 0 Å². The Labute approximate surface area is 185 Å². The van der Waals surface area contributed by atoms with E-state index in [0.717, 1.165) is 5.56 Å². The molecule has 13 N–H and O–H groups in total. The van der Waals surface area contributed by atoms with Gasteiger partial charge in [-0.15, -0.1) is 0 Å². The fourth-order valence-electron chi connectivity index (χ4n) is 2.18. The zero-order chi connectivity index (χ0) is 24.8. The minimum absolute atomic E-state index is 0.155. The van der Waals surface area contributed by atoms with Crippen molar-refractivity contribution in [1.82, 2.24) is 5.32 Å². The molecule has 0 fully saturated rings. The number of guanidine groups is 1. The molecule has 0 amide bonds. The molecule has 180 valence electrons. The summed E-state index contributed by atoms with van der Waals surface area (Å²) in [4.78, 5) is 32.5. The number of hydrogen-bond acceptors (Lipinski definition) is 9. The first-order valence-corrected chi connectivity index (χ1v) is 9.63. The van der Waals surface area contributed by atoms with Crippen molar-refractivity contribution in [1.29, 1.82) is 5.41 Å². The minimum Gasteiger partial charge on any atom is -0.508 e. The Bertz CT molecular complexity index is 759. The molecule has 0 aliphatic heterocycles. The molecular weight excluding hydrogens is 424 g/mol. The van der Waals surface area contributed by atoms with Gasteiger partial charge in [0.2, 0.25) is 0 Å². The Morgan fingerprint density at radius 3 is 2.09 bits per heavy atom. The van der Waals surface area contributed by atoms with Gasteiger partial charge in [0.25, 0.3) is 0 Å². The lowest BCUT2D eigenvalue weighted by Crippen LogP contribution is -2.45. The van der Waals surface area contributed by atoms with E-state index < -0.39 is 42.1 Å². The lowest BCUT2D eigenvalue weighted by atomic mass is 10.1. The maximum atomic E-state index is 11.5. The maximum absolute atomic E-state index is 11.5. The second-order valence-electron chi connectivity index (χ2n) is 6.91. The first-order chi connectivity index (χ1) is 14.8. The van der Waals surface area contributed by atoms with E-state index >= 15 is 0 Å². The molecule has 0 saturated heterocycles. The third kappa shape index (κ3) is 12.3. The molecule has 1 aromatic rings. The van der Waals surface area contributed by atoms with E-state index in [1.807, 2.05) is 0 Å². The summed E-state index contributed by atoms with van der Waals surface area (Å²) in [6, 6.07) is 3.28. The Balaban J connectivity index is 0.000000641. The molecule has 1 rings (SSSR count). The predicted molar refractivity (Wildman–Crippen MR) is 116 cm³/mol. The average molecular weight is 457 g/mol. The quantitative estimate of drug-likeness (QED) is 0.0778. The van der Waals surface area contributed by atoms with Gasteiger partial charge in [-0.2, -0.15) is 0 Å². The van der Waals surface area contributed by atoms with Crippen molar-refractivity contribution in [3.8, 4) is 5.75 Å². The number of esters is 1. The molecule has 13 nitrogen and oxygen atoms in total. The maximum Gasteiger partial charge on any atom is 0.324 e. The third-order valence-electron chi connectivity index (χ3n) is 4.11. The molecule has 0 spiro atoms. The number of aliphatic carboxylic acids is 2. The zero-order valence-corrected chi connectivity index (χ0v) is 17.7. The number of rotatable bonds is 11. The number of benzene rings is 1. The van der Waals surface area contributed by atoms with Crippen LogP contribution in [0.25, 0.3) is 0 Å². The standard InChI is InChI=1S/C10H21N5O4.C9H11NO3/c1-5(7(12)8(16)17)19-9(18)6(11)3-2-4-15-10(13)14;10-8(9(12)13)5-6-1-3-7(11)4-2-6/h5-7H,2-4,11-12H2,1H3,(H,16,17)(H4,13,14,15);1-4,8,11H,5,10H2,(H,12,13)/t5-,6+,7+;8-/m10/s1. The van der Waals surface area contributed by atoms with Crippen LogP contribution in [-0.2, 0) is 25.5 Å². The molecule has 0 aliphatic carbocycles. The van der Waals surface area contributed by atoms with Crippen LogP contribution in [0.2, 0.25) is 0 Å². The summed E-state index contributed by atoms with van der Waals surface area (Å²) in [6.45, 7) is 1.81. The molecule has 0 heterocycles. The van der Waals surface area contributed by atoms with Gasteiger partial charge in [-0.1, -0.05) is 12.1 Å². The molecule has 0 unspecified atom stereocenters. The van der Waals surface area contributed by atoms with Gasteiger partial charge in [0, 0.05) is 6.54 Å². The van der Waals surface area contributed by atoms with Crippen LogP contribution in [0, 0.1) is 5.41 Å². The number of hydrogen-bond donors (Lipinski definition) is 9. The predicted octanol–water partition coefficient (Wildman–Crippen LogP) is -1.73. The van der Waals surface area contributed by atoms with Crippen LogP contribution in [0.15, 0.2) is 24.3 Å². The van der Waals surface area contributed by atoms with Crippen molar-refractivity contribution in [3.63, 3.8) is 0 Å². The van der Waals surface area contributed by atoms with Gasteiger partial charge in [0.1, 0.15) is 30.0 Å². The highest BCUT2D eigenvalue weighted by atomic mass is 16.5. The van der Waals surface area contributed by atoms with Crippen molar-refractivity contribution in [3.05, 3.63) is 29.8 Å². The van der Waals surface area contributed by atoms with Gasteiger partial charge in [0.05, 0.1) is 0 Å². The molecule has 4 atom stereocenters. The molecule has 13 heteroatoms. The number of nitrogens with two attached hydrogens (primary N) is 4. The fourth-order valence-corrected chi connectivity index (χ4v) is 2.18. The van der Waals surface area contributed by atoms with E-state index in [4.69, 9.17) is 48.4 Å². The zero-order valence-electron chi connectivity index (χ0n) is 17.7. The molecule has 1 aromatic carbocycles. The first-order valence-electron chi connectivity index (χ1n) is 9.63. The molecular formula is C19H32N6O7. The van der Waals surface area contributed by atoms with E-state index in [1.54, 1.807) is 12.1 Å². The summed E-state index contributed by atoms with van der Waals surface area (Å²) in [6.07, 6.45) is 0.172. The van der Waals surface area contributed by atoms with Gasteiger partial charge < -0.3 is 48.3 Å². The smallest absolute Gasteiger partial charge is 0.324 e. The molecule has 0 aromatic heterocycles. The van der Waals surface area contributed by atoms with Crippen molar-refractivity contribution in [2.45, 2.75) is 50.4 Å². The number of carboxylic acids is 2. The van der Waals surface area contributed by atoms with Gasteiger partial charge >= 0.3 is 17.9 Å². The molecule has 0 saturated carbocycles. The Morgan fingerprint density at radius 1 is 1.06 bits per heavy atom. The molecule has 0 radical (unpaired) electrons. The second-order valence-corrected chi connectivity index (χ2v) is 6.91. The van der Waals surface area contributed by atoms with Gasteiger partial charge in [-0.3, -0.25) is 19.8 Å². The summed E-state index contributed by atoms with van der Waals surface area (Å²) in [7, 11) is 0. The van der Waals surface area contributed by atoms with Crippen LogP contribution in [0.4, 0.5) is 0 Å². The summed E-state index contributed by atoms with van der Waals surface area (Å²) in [5, 5.41) is 35.6. The van der Waals surface area contributed by atoms with Crippen LogP contribution in [0.1, 0.15) is 25.3 Å². The fraction of sp³-hybridized carbons (Fsp3) is 0.474. The lowest BCUT2D eigenvalue weighted by molar-refractivity contribution is -0.155. The number of carboxylic acid groups (broad SMARTS) is 2. The molecule has 0 aliphatic rings. The van der Waals surface area contributed by atoms with Crippen molar-refractivity contribution < 1.29 is 34.4 Å². The highest BCUT2D eigenvalue weighted by Gasteiger charge is 2.25. The largest absolute Gasteiger partial charge is 0.508 e. The highest BCUT2D eigenvalue weighted by Crippen LogP contribution is 2.10. The van der Waals surface area contributed by atoms with E-state index in [-0.39, 0.29) is 18.1 Å². The number of nitrogens with one attached hydrogen (secondary N) is 2. The number of carbonyl (C=O) groups excluding carboxylic acids is 1. The lowest BCUT2D eigenvalue weighted by Gasteiger charge is -2.19. The summed E-state index contributed by atoms with van der Waals surface area (Å²) < 4.78 is 4.86. The number of carbonyl (C=O) groups is 3. The van der Waals surface area contributed by atoms with E-state index in [0.29, 0.717) is 19.4 Å².